The molecule has 2 atom stereocenters. The average Bonchev–Trinajstić information content (AvgIpc) is 2.68. The van der Waals surface area contributed by atoms with Crippen LogP contribution in [-0.4, -0.2) is 37.5 Å². The Kier molecular flexibility index (Phi) is 5.86. The van der Waals surface area contributed by atoms with Crippen LogP contribution in [0.3, 0.4) is 0 Å². The van der Waals surface area contributed by atoms with Gasteiger partial charge in [-0.2, -0.15) is 0 Å². The summed E-state index contributed by atoms with van der Waals surface area (Å²) in [6, 6.07) is 4.58. The molecular formula is C11H19NO2S. The number of nitrogens with one attached hydrogen (secondary N) is 1. The molecule has 2 N–H and O–H groups in total. The van der Waals surface area contributed by atoms with E-state index in [0.717, 1.165) is 6.42 Å². The lowest BCUT2D eigenvalue weighted by Gasteiger charge is -2.15. The number of rotatable bonds is 7. The Bertz CT molecular complexity index is 251. The highest BCUT2D eigenvalue weighted by Crippen LogP contribution is 2.10. The van der Waals surface area contributed by atoms with Crippen LogP contribution in [0.15, 0.2) is 17.5 Å². The summed E-state index contributed by atoms with van der Waals surface area (Å²) < 4.78 is 4.85. The van der Waals surface area contributed by atoms with Crippen LogP contribution in [0.4, 0.5) is 0 Å². The summed E-state index contributed by atoms with van der Waals surface area (Å²) >= 11 is 1.77. The summed E-state index contributed by atoms with van der Waals surface area (Å²) in [5, 5.41) is 14.8. The summed E-state index contributed by atoms with van der Waals surface area (Å²) in [5.74, 6) is 0. The molecule has 1 aromatic heterocycles. The molecule has 15 heavy (non-hydrogen) atoms. The number of ether oxygens (including phenoxy) is 1. The normalized spacial score (nSPS) is 15.1. The third-order valence-corrected chi connectivity index (χ3v) is 3.05. The van der Waals surface area contributed by atoms with Gasteiger partial charge in [0.15, 0.2) is 0 Å². The van der Waals surface area contributed by atoms with Crippen LogP contribution in [0.5, 0.6) is 0 Å². The molecule has 0 fully saturated rings. The van der Waals surface area contributed by atoms with Crippen LogP contribution in [0.2, 0.25) is 0 Å². The molecule has 2 unspecified atom stereocenters. The first kappa shape index (κ1) is 12.6. The van der Waals surface area contributed by atoms with E-state index in [-0.39, 0.29) is 0 Å². The molecule has 0 saturated heterocycles. The molecule has 0 aliphatic carbocycles. The summed E-state index contributed by atoms with van der Waals surface area (Å²) in [6.07, 6.45) is 0.595. The average molecular weight is 229 g/mol. The van der Waals surface area contributed by atoms with Gasteiger partial charge in [-0.05, 0) is 24.8 Å². The van der Waals surface area contributed by atoms with Crippen LogP contribution in [0.1, 0.15) is 11.8 Å². The molecule has 0 aliphatic heterocycles. The van der Waals surface area contributed by atoms with Gasteiger partial charge >= 0.3 is 0 Å². The Hall–Kier alpha value is -0.420. The van der Waals surface area contributed by atoms with Crippen molar-refractivity contribution in [1.29, 1.82) is 0 Å². The van der Waals surface area contributed by atoms with Gasteiger partial charge in [-0.1, -0.05) is 6.07 Å². The number of hydrogen-bond acceptors (Lipinski definition) is 4. The smallest absolute Gasteiger partial charge is 0.0897 e. The monoisotopic (exact) mass is 229 g/mol. The molecule has 0 saturated carbocycles. The van der Waals surface area contributed by atoms with Gasteiger partial charge in [0, 0.05) is 24.6 Å². The van der Waals surface area contributed by atoms with Crippen LogP contribution in [0.25, 0.3) is 0 Å². The maximum atomic E-state index is 9.44. The zero-order valence-electron chi connectivity index (χ0n) is 9.27. The summed E-state index contributed by atoms with van der Waals surface area (Å²) in [4.78, 5) is 1.37. The molecule has 86 valence electrons. The second-order valence-corrected chi connectivity index (χ2v) is 4.73. The molecule has 1 aromatic rings. The second-order valence-electron chi connectivity index (χ2n) is 3.70. The highest BCUT2D eigenvalue weighted by atomic mass is 32.1. The van der Waals surface area contributed by atoms with Crippen molar-refractivity contribution < 1.29 is 9.84 Å². The van der Waals surface area contributed by atoms with Crippen molar-refractivity contribution in [3.05, 3.63) is 22.4 Å². The molecule has 0 aromatic carbocycles. The molecule has 1 heterocycles. The minimum atomic E-state index is -0.416. The number of aliphatic hydroxyl groups is 1. The summed E-state index contributed by atoms with van der Waals surface area (Å²) in [7, 11) is 1.60. The molecule has 4 heteroatoms. The van der Waals surface area contributed by atoms with Crippen LogP contribution in [0, 0.1) is 0 Å². The minimum absolute atomic E-state index is 0.384. The van der Waals surface area contributed by atoms with Gasteiger partial charge < -0.3 is 15.2 Å². The lowest BCUT2D eigenvalue weighted by molar-refractivity contribution is 0.0631. The fourth-order valence-electron chi connectivity index (χ4n) is 1.39. The Labute approximate surface area is 95.1 Å². The first-order valence-electron chi connectivity index (χ1n) is 5.15. The molecular weight excluding hydrogens is 210 g/mol. The van der Waals surface area contributed by atoms with E-state index in [0.29, 0.717) is 19.2 Å². The largest absolute Gasteiger partial charge is 0.389 e. The van der Waals surface area contributed by atoms with Crippen molar-refractivity contribution in [2.75, 3.05) is 20.3 Å². The van der Waals surface area contributed by atoms with Gasteiger partial charge in [0.2, 0.25) is 0 Å². The fourth-order valence-corrected chi connectivity index (χ4v) is 2.23. The summed E-state index contributed by atoms with van der Waals surface area (Å²) in [6.45, 7) is 3.10. The van der Waals surface area contributed by atoms with E-state index < -0.39 is 6.10 Å². The third-order valence-electron chi connectivity index (χ3n) is 2.15. The molecule has 3 nitrogen and oxygen atoms in total. The number of aliphatic hydroxyl groups excluding tert-OH is 1. The van der Waals surface area contributed by atoms with Gasteiger partial charge in [-0.3, -0.25) is 0 Å². The molecule has 0 radical (unpaired) electrons. The maximum absolute atomic E-state index is 9.44. The van der Waals surface area contributed by atoms with Crippen molar-refractivity contribution in [3.8, 4) is 0 Å². The molecule has 0 bridgehead atoms. The Balaban J connectivity index is 2.16. The number of hydrogen-bond donors (Lipinski definition) is 2. The first-order valence-corrected chi connectivity index (χ1v) is 6.03. The van der Waals surface area contributed by atoms with Gasteiger partial charge in [0.05, 0.1) is 12.7 Å². The Morgan fingerprint density at radius 1 is 1.60 bits per heavy atom. The second kappa shape index (κ2) is 6.95. The van der Waals surface area contributed by atoms with Crippen molar-refractivity contribution >= 4 is 11.3 Å². The molecule has 1 rings (SSSR count). The van der Waals surface area contributed by atoms with E-state index in [2.05, 4.69) is 29.8 Å². The van der Waals surface area contributed by atoms with Crippen molar-refractivity contribution in [1.82, 2.24) is 5.32 Å². The zero-order chi connectivity index (χ0) is 11.1. The highest BCUT2D eigenvalue weighted by molar-refractivity contribution is 7.09. The van der Waals surface area contributed by atoms with Gasteiger partial charge in [-0.15, -0.1) is 11.3 Å². The van der Waals surface area contributed by atoms with E-state index in [1.54, 1.807) is 18.4 Å². The van der Waals surface area contributed by atoms with E-state index >= 15 is 0 Å². The first-order chi connectivity index (χ1) is 7.22. The van der Waals surface area contributed by atoms with E-state index in [1.165, 1.54) is 4.88 Å². The topological polar surface area (TPSA) is 41.5 Å². The highest BCUT2D eigenvalue weighted by Gasteiger charge is 2.07. The standard InChI is InChI=1S/C11H19NO2S/c1-9(6-11-4-3-5-15-11)12-7-10(13)8-14-2/h3-5,9-10,12-13H,6-8H2,1-2H3. The van der Waals surface area contributed by atoms with Crippen molar-refractivity contribution in [2.45, 2.75) is 25.5 Å². The van der Waals surface area contributed by atoms with Crippen molar-refractivity contribution in [3.63, 3.8) is 0 Å². The number of thiophene rings is 1. The maximum Gasteiger partial charge on any atom is 0.0897 e. The lowest BCUT2D eigenvalue weighted by Crippen LogP contribution is -2.36. The molecule has 0 amide bonds. The van der Waals surface area contributed by atoms with Crippen molar-refractivity contribution in [2.24, 2.45) is 0 Å². The molecule has 0 aliphatic rings. The predicted octanol–water partition coefficient (Wildman–Crippen LogP) is 1.28. The molecule has 0 spiro atoms. The number of methoxy groups -OCH3 is 1. The summed E-state index contributed by atoms with van der Waals surface area (Å²) in [5.41, 5.74) is 0. The van der Waals surface area contributed by atoms with Crippen LogP contribution >= 0.6 is 11.3 Å². The fraction of sp³-hybridized carbons (Fsp3) is 0.636. The van der Waals surface area contributed by atoms with Crippen LogP contribution < -0.4 is 5.32 Å². The third kappa shape index (κ3) is 5.28. The van der Waals surface area contributed by atoms with Crippen LogP contribution in [-0.2, 0) is 11.2 Å². The van der Waals surface area contributed by atoms with E-state index in [4.69, 9.17) is 4.74 Å². The van der Waals surface area contributed by atoms with E-state index in [9.17, 15) is 5.11 Å². The zero-order valence-corrected chi connectivity index (χ0v) is 10.1. The van der Waals surface area contributed by atoms with E-state index in [1.807, 2.05) is 0 Å². The Morgan fingerprint density at radius 2 is 2.40 bits per heavy atom. The SMILES string of the molecule is COCC(O)CNC(C)Cc1cccs1. The quantitative estimate of drug-likeness (QED) is 0.740. The Morgan fingerprint density at radius 3 is 3.00 bits per heavy atom. The lowest BCUT2D eigenvalue weighted by atomic mass is 10.2. The van der Waals surface area contributed by atoms with Gasteiger partial charge in [-0.25, -0.2) is 0 Å². The van der Waals surface area contributed by atoms with Gasteiger partial charge in [0.1, 0.15) is 0 Å². The predicted molar refractivity (Wildman–Crippen MR) is 63.4 cm³/mol. The van der Waals surface area contributed by atoms with Gasteiger partial charge in [0.25, 0.3) is 0 Å². The minimum Gasteiger partial charge on any atom is -0.389 e.